The van der Waals surface area contributed by atoms with Crippen molar-refractivity contribution in [3.05, 3.63) is 65.0 Å². The lowest BCUT2D eigenvalue weighted by Gasteiger charge is -2.11. The highest BCUT2D eigenvalue weighted by molar-refractivity contribution is 7.91. The number of hydrogen-bond acceptors (Lipinski definition) is 2. The molecule has 1 N–H and O–H groups in total. The molecule has 2 aromatic carbocycles. The molecule has 0 aromatic heterocycles. The minimum absolute atomic E-state index is 0.0562. The molecule has 118 valence electrons. The second-order valence-electron chi connectivity index (χ2n) is 4.30. The third-order valence-corrected chi connectivity index (χ3v) is 3.88. The van der Waals surface area contributed by atoms with Gasteiger partial charge in [-0.2, -0.15) is 0 Å². The maximum atomic E-state index is 13.4. The fourth-order valence-electron chi connectivity index (χ4n) is 1.67. The van der Waals surface area contributed by atoms with Crippen molar-refractivity contribution < 1.29 is 30.4 Å². The second kappa shape index (κ2) is 5.91. The first-order chi connectivity index (χ1) is 10.2. The van der Waals surface area contributed by atoms with E-state index in [0.29, 0.717) is 0 Å². The van der Waals surface area contributed by atoms with Gasteiger partial charge in [0, 0.05) is 11.6 Å². The van der Waals surface area contributed by atoms with Crippen LogP contribution in [-0.4, -0.2) is 8.42 Å². The number of nitrogens with one attached hydrogen (secondary N) is 1. The highest BCUT2D eigenvalue weighted by atomic mass is 32.2. The summed E-state index contributed by atoms with van der Waals surface area (Å²) in [6, 6.07) is 4.76. The van der Waals surface area contributed by atoms with Gasteiger partial charge in [-0.25, -0.2) is 30.4 Å². The molecule has 0 aliphatic rings. The smallest absolute Gasteiger partial charge is 0.237 e. The Morgan fingerprint density at radius 1 is 0.864 bits per heavy atom. The molecule has 0 amide bonds. The van der Waals surface area contributed by atoms with Gasteiger partial charge in [0.05, 0.1) is 5.75 Å². The lowest BCUT2D eigenvalue weighted by atomic mass is 10.2. The Bertz CT molecular complexity index is 797. The summed E-state index contributed by atoms with van der Waals surface area (Å²) in [5.74, 6) is -9.12. The average Bonchev–Trinajstić information content (AvgIpc) is 2.44. The number of anilines is 1. The van der Waals surface area contributed by atoms with Crippen molar-refractivity contribution >= 4 is 15.7 Å². The minimum atomic E-state index is -4.49. The van der Waals surface area contributed by atoms with Gasteiger partial charge in [-0.3, -0.25) is 4.72 Å². The van der Waals surface area contributed by atoms with Gasteiger partial charge in [-0.15, -0.1) is 0 Å². The maximum absolute atomic E-state index is 13.4. The van der Waals surface area contributed by atoms with E-state index in [0.717, 1.165) is 12.1 Å². The third-order valence-electron chi connectivity index (χ3n) is 2.67. The van der Waals surface area contributed by atoms with Gasteiger partial charge in [0.1, 0.15) is 11.5 Å². The van der Waals surface area contributed by atoms with E-state index in [9.17, 15) is 30.4 Å². The molecular formula is C13H8F5NO2S. The van der Waals surface area contributed by atoms with E-state index >= 15 is 0 Å². The molecule has 2 aromatic rings. The van der Waals surface area contributed by atoms with Crippen molar-refractivity contribution in [2.24, 2.45) is 0 Å². The molecule has 3 nitrogen and oxygen atoms in total. The highest BCUT2D eigenvalue weighted by Crippen LogP contribution is 2.26. The van der Waals surface area contributed by atoms with Crippen LogP contribution < -0.4 is 4.72 Å². The predicted molar refractivity (Wildman–Crippen MR) is 68.9 cm³/mol. The summed E-state index contributed by atoms with van der Waals surface area (Å²) in [6.07, 6.45) is 0. The van der Waals surface area contributed by atoms with Crippen LogP contribution in [0.25, 0.3) is 0 Å². The van der Waals surface area contributed by atoms with Gasteiger partial charge in [0.2, 0.25) is 10.0 Å². The van der Waals surface area contributed by atoms with E-state index in [1.165, 1.54) is 16.9 Å². The molecule has 9 heteroatoms. The van der Waals surface area contributed by atoms with E-state index in [1.54, 1.807) is 0 Å². The van der Waals surface area contributed by atoms with Crippen molar-refractivity contribution in [3.63, 3.8) is 0 Å². The number of halogens is 5. The molecular weight excluding hydrogens is 329 g/mol. The van der Waals surface area contributed by atoms with Crippen molar-refractivity contribution in [1.29, 1.82) is 0 Å². The number of rotatable bonds is 4. The summed E-state index contributed by atoms with van der Waals surface area (Å²) in [7, 11) is -4.49. The van der Waals surface area contributed by atoms with Crippen molar-refractivity contribution in [2.75, 3.05) is 4.72 Å². The van der Waals surface area contributed by atoms with E-state index < -0.39 is 50.5 Å². The molecule has 0 unspecified atom stereocenters. The zero-order valence-corrected chi connectivity index (χ0v) is 11.5. The zero-order chi connectivity index (χ0) is 16.5. The summed E-state index contributed by atoms with van der Waals surface area (Å²) in [5.41, 5.74) is -1.76. The van der Waals surface area contributed by atoms with Crippen LogP contribution in [-0.2, 0) is 15.8 Å². The summed E-state index contributed by atoms with van der Waals surface area (Å²) >= 11 is 0. The largest absolute Gasteiger partial charge is 0.277 e. The maximum Gasteiger partial charge on any atom is 0.237 e. The lowest BCUT2D eigenvalue weighted by Crippen LogP contribution is -2.18. The molecule has 0 spiro atoms. The number of hydrogen-bond donors (Lipinski definition) is 1. The Labute approximate surface area is 122 Å². The average molecular weight is 337 g/mol. The first-order valence-electron chi connectivity index (χ1n) is 5.78. The standard InChI is InChI=1S/C13H8F5NO2S/c14-8-4-2-1-3-7(8)6-22(20,21)19-13-11(17)9(15)5-10(16)12(13)18/h1-5,19H,6H2. The molecule has 0 fully saturated rings. The van der Waals surface area contributed by atoms with Gasteiger partial charge < -0.3 is 0 Å². The van der Waals surface area contributed by atoms with Gasteiger partial charge in [0.25, 0.3) is 0 Å². The summed E-state index contributed by atoms with van der Waals surface area (Å²) in [5, 5.41) is 0. The third kappa shape index (κ3) is 3.35. The van der Waals surface area contributed by atoms with E-state index in [-0.39, 0.29) is 11.6 Å². The summed E-state index contributed by atoms with van der Waals surface area (Å²) < 4.78 is 91.2. The van der Waals surface area contributed by atoms with Gasteiger partial charge in [-0.1, -0.05) is 18.2 Å². The molecule has 0 aliphatic heterocycles. The minimum Gasteiger partial charge on any atom is -0.277 e. The van der Waals surface area contributed by atoms with Crippen molar-refractivity contribution in [1.82, 2.24) is 0 Å². The van der Waals surface area contributed by atoms with E-state index in [1.807, 2.05) is 0 Å². The van der Waals surface area contributed by atoms with Gasteiger partial charge >= 0.3 is 0 Å². The molecule has 0 atom stereocenters. The van der Waals surface area contributed by atoms with Gasteiger partial charge in [-0.05, 0) is 6.07 Å². The summed E-state index contributed by atoms with van der Waals surface area (Å²) in [6.45, 7) is 0. The van der Waals surface area contributed by atoms with Crippen molar-refractivity contribution in [2.45, 2.75) is 5.75 Å². The summed E-state index contributed by atoms with van der Waals surface area (Å²) in [4.78, 5) is 0. The second-order valence-corrected chi connectivity index (χ2v) is 6.02. The molecule has 0 radical (unpaired) electrons. The lowest BCUT2D eigenvalue weighted by molar-refractivity contribution is 0.459. The molecule has 22 heavy (non-hydrogen) atoms. The fraction of sp³-hybridized carbons (Fsp3) is 0.0769. The Balaban J connectivity index is 2.36. The van der Waals surface area contributed by atoms with Crippen LogP contribution in [0.3, 0.4) is 0 Å². The molecule has 2 rings (SSSR count). The van der Waals surface area contributed by atoms with Crippen molar-refractivity contribution in [3.8, 4) is 0 Å². The fourth-order valence-corrected chi connectivity index (χ4v) is 2.88. The Kier molecular flexibility index (Phi) is 4.36. The highest BCUT2D eigenvalue weighted by Gasteiger charge is 2.24. The predicted octanol–water partition coefficient (Wildman–Crippen LogP) is 3.32. The monoisotopic (exact) mass is 337 g/mol. The normalized spacial score (nSPS) is 11.5. The number of benzene rings is 2. The van der Waals surface area contributed by atoms with Gasteiger partial charge in [0.15, 0.2) is 23.3 Å². The molecule has 0 bridgehead atoms. The van der Waals surface area contributed by atoms with Crippen LogP contribution in [0.1, 0.15) is 5.56 Å². The van der Waals surface area contributed by atoms with E-state index in [2.05, 4.69) is 0 Å². The number of sulfonamides is 1. The van der Waals surface area contributed by atoms with Crippen LogP contribution in [0.15, 0.2) is 30.3 Å². The molecule has 0 heterocycles. The zero-order valence-electron chi connectivity index (χ0n) is 10.7. The SMILES string of the molecule is O=S(=O)(Cc1ccccc1F)Nc1c(F)c(F)cc(F)c1F. The molecule has 0 saturated carbocycles. The molecule has 0 saturated heterocycles. The first kappa shape index (κ1) is 16.2. The molecule has 0 aliphatic carbocycles. The Morgan fingerprint density at radius 3 is 1.95 bits per heavy atom. The van der Waals surface area contributed by atoms with Crippen LogP contribution in [0.5, 0.6) is 0 Å². The quantitative estimate of drug-likeness (QED) is 0.687. The van der Waals surface area contributed by atoms with Crippen LogP contribution in [0.4, 0.5) is 27.6 Å². The topological polar surface area (TPSA) is 46.2 Å². The first-order valence-corrected chi connectivity index (χ1v) is 7.43. The Hall–Kier alpha value is -2.16. The Morgan fingerprint density at radius 2 is 1.41 bits per heavy atom. The van der Waals surface area contributed by atoms with E-state index in [4.69, 9.17) is 0 Å². The van der Waals surface area contributed by atoms with Crippen LogP contribution >= 0.6 is 0 Å². The van der Waals surface area contributed by atoms with Crippen LogP contribution in [0, 0.1) is 29.1 Å². The van der Waals surface area contributed by atoms with Crippen LogP contribution in [0.2, 0.25) is 0 Å².